The number of aliphatic hydroxyl groups excluding tert-OH is 1. The van der Waals surface area contributed by atoms with Crippen LogP contribution >= 0.6 is 0 Å². The Labute approximate surface area is 132 Å². The number of ether oxygens (including phenoxy) is 1. The molecule has 21 heavy (non-hydrogen) atoms. The second-order valence-electron chi connectivity index (χ2n) is 6.40. The summed E-state index contributed by atoms with van der Waals surface area (Å²) in [5.41, 5.74) is 0. The lowest BCUT2D eigenvalue weighted by Crippen LogP contribution is -2.37. The van der Waals surface area contributed by atoms with E-state index in [1.807, 2.05) is 0 Å². The number of nitrogens with one attached hydrogen (secondary N) is 1. The summed E-state index contributed by atoms with van der Waals surface area (Å²) in [7, 11) is 4.16. The molecule has 0 aliphatic carbocycles. The molecular weight excluding hydrogens is 264 g/mol. The molecule has 0 aliphatic heterocycles. The first-order valence-corrected chi connectivity index (χ1v) is 8.70. The molecule has 0 amide bonds. The van der Waals surface area contributed by atoms with Crippen molar-refractivity contribution in [2.45, 2.75) is 70.9 Å². The van der Waals surface area contributed by atoms with Crippen LogP contribution in [0.4, 0.5) is 0 Å². The molecule has 0 heterocycles. The monoisotopic (exact) mass is 302 g/mol. The van der Waals surface area contributed by atoms with E-state index in [4.69, 9.17) is 4.74 Å². The van der Waals surface area contributed by atoms with Crippen molar-refractivity contribution in [2.75, 3.05) is 40.4 Å². The molecule has 0 bridgehead atoms. The van der Waals surface area contributed by atoms with Crippen molar-refractivity contribution in [3.8, 4) is 0 Å². The Morgan fingerprint density at radius 2 is 1.76 bits per heavy atom. The molecule has 0 aliphatic rings. The average Bonchev–Trinajstić information content (AvgIpc) is 2.45. The van der Waals surface area contributed by atoms with Gasteiger partial charge < -0.3 is 20.1 Å². The van der Waals surface area contributed by atoms with Gasteiger partial charge in [0.05, 0.1) is 12.7 Å². The summed E-state index contributed by atoms with van der Waals surface area (Å²) in [6.07, 6.45) is 8.35. The Morgan fingerprint density at radius 1 is 1.10 bits per heavy atom. The van der Waals surface area contributed by atoms with Crippen LogP contribution in [-0.4, -0.2) is 62.6 Å². The molecule has 0 radical (unpaired) electrons. The van der Waals surface area contributed by atoms with Crippen molar-refractivity contribution in [1.29, 1.82) is 0 Å². The van der Waals surface area contributed by atoms with Gasteiger partial charge >= 0.3 is 0 Å². The van der Waals surface area contributed by atoms with Gasteiger partial charge in [-0.3, -0.25) is 0 Å². The van der Waals surface area contributed by atoms with Crippen LogP contribution in [0.3, 0.4) is 0 Å². The van der Waals surface area contributed by atoms with Crippen molar-refractivity contribution >= 4 is 0 Å². The quantitative estimate of drug-likeness (QED) is 0.457. The Hall–Kier alpha value is -0.160. The molecular formula is C17H38N2O2. The number of hydrogen-bond donors (Lipinski definition) is 2. The number of unbranched alkanes of at least 4 members (excludes halogenated alkanes) is 5. The van der Waals surface area contributed by atoms with Gasteiger partial charge in [-0.25, -0.2) is 0 Å². The number of rotatable bonds is 15. The fourth-order valence-electron chi connectivity index (χ4n) is 2.15. The Morgan fingerprint density at radius 3 is 2.43 bits per heavy atom. The zero-order chi connectivity index (χ0) is 15.9. The van der Waals surface area contributed by atoms with Gasteiger partial charge in [0.2, 0.25) is 0 Å². The molecule has 128 valence electrons. The van der Waals surface area contributed by atoms with Gasteiger partial charge in [0, 0.05) is 19.2 Å². The fraction of sp³-hybridized carbons (Fsp3) is 1.00. The highest BCUT2D eigenvalue weighted by Gasteiger charge is 2.07. The van der Waals surface area contributed by atoms with Crippen molar-refractivity contribution in [3.63, 3.8) is 0 Å². The van der Waals surface area contributed by atoms with E-state index in [0.29, 0.717) is 19.2 Å². The summed E-state index contributed by atoms with van der Waals surface area (Å²) in [6.45, 7) is 7.30. The van der Waals surface area contributed by atoms with Crippen molar-refractivity contribution in [3.05, 3.63) is 0 Å². The van der Waals surface area contributed by atoms with E-state index < -0.39 is 6.10 Å². The lowest BCUT2D eigenvalue weighted by molar-refractivity contribution is 0.0341. The summed E-state index contributed by atoms with van der Waals surface area (Å²) in [4.78, 5) is 2.18. The Kier molecular flexibility index (Phi) is 14.7. The second kappa shape index (κ2) is 14.8. The zero-order valence-electron chi connectivity index (χ0n) is 14.7. The van der Waals surface area contributed by atoms with Crippen LogP contribution in [0.1, 0.15) is 58.8 Å². The lowest BCUT2D eigenvalue weighted by Gasteiger charge is -2.19. The second-order valence-corrected chi connectivity index (χ2v) is 6.40. The van der Waals surface area contributed by atoms with Crippen LogP contribution in [0.25, 0.3) is 0 Å². The SMILES string of the molecule is CCCCCCCCOCC(O)CNC(C)CCN(C)C. The van der Waals surface area contributed by atoms with Gasteiger partial charge in [0.1, 0.15) is 0 Å². The zero-order valence-corrected chi connectivity index (χ0v) is 14.7. The summed E-state index contributed by atoms with van der Waals surface area (Å²) in [6, 6.07) is 0.431. The minimum absolute atomic E-state index is 0.396. The first-order valence-electron chi connectivity index (χ1n) is 8.70. The molecule has 0 fully saturated rings. The molecule has 2 unspecified atom stereocenters. The lowest BCUT2D eigenvalue weighted by atomic mass is 10.1. The number of aliphatic hydroxyl groups is 1. The van der Waals surface area contributed by atoms with Crippen LogP contribution in [0, 0.1) is 0 Å². The molecule has 0 aromatic rings. The Balaban J connectivity index is 3.32. The smallest absolute Gasteiger partial charge is 0.0897 e. The number of hydrogen-bond acceptors (Lipinski definition) is 4. The van der Waals surface area contributed by atoms with Crippen LogP contribution < -0.4 is 5.32 Å². The minimum atomic E-state index is -0.396. The van der Waals surface area contributed by atoms with Gasteiger partial charge in [0.15, 0.2) is 0 Å². The maximum Gasteiger partial charge on any atom is 0.0897 e. The summed E-state index contributed by atoms with van der Waals surface area (Å²) >= 11 is 0. The third-order valence-electron chi connectivity index (χ3n) is 3.66. The van der Waals surface area contributed by atoms with E-state index in [1.165, 1.54) is 32.1 Å². The maximum atomic E-state index is 9.85. The molecule has 2 N–H and O–H groups in total. The van der Waals surface area contributed by atoms with Gasteiger partial charge in [-0.2, -0.15) is 0 Å². The molecule has 0 saturated heterocycles. The Bertz CT molecular complexity index is 213. The first kappa shape index (κ1) is 20.8. The van der Waals surface area contributed by atoms with Crippen molar-refractivity contribution < 1.29 is 9.84 Å². The van der Waals surface area contributed by atoms with Crippen molar-refractivity contribution in [1.82, 2.24) is 10.2 Å². The van der Waals surface area contributed by atoms with Gasteiger partial charge in [-0.05, 0) is 40.4 Å². The fourth-order valence-corrected chi connectivity index (χ4v) is 2.15. The van der Waals surface area contributed by atoms with Gasteiger partial charge in [0.25, 0.3) is 0 Å². The predicted molar refractivity (Wildman–Crippen MR) is 90.8 cm³/mol. The molecule has 0 spiro atoms. The average molecular weight is 303 g/mol. The van der Waals surface area contributed by atoms with Gasteiger partial charge in [-0.1, -0.05) is 39.0 Å². The van der Waals surface area contributed by atoms with Crippen LogP contribution in [0.5, 0.6) is 0 Å². The summed E-state index contributed by atoms with van der Waals surface area (Å²) < 4.78 is 5.53. The minimum Gasteiger partial charge on any atom is -0.389 e. The van der Waals surface area contributed by atoms with E-state index in [2.05, 4.69) is 38.2 Å². The normalized spacial score (nSPS) is 14.6. The first-order chi connectivity index (χ1) is 10.1. The van der Waals surface area contributed by atoms with Crippen LogP contribution in [0.15, 0.2) is 0 Å². The standard InChI is InChI=1S/C17H38N2O2/c1-5-6-7-8-9-10-13-21-15-17(20)14-18-16(2)11-12-19(3)4/h16-18,20H,5-15H2,1-4H3. The highest BCUT2D eigenvalue weighted by molar-refractivity contribution is 4.66. The highest BCUT2D eigenvalue weighted by atomic mass is 16.5. The van der Waals surface area contributed by atoms with E-state index >= 15 is 0 Å². The molecule has 0 saturated carbocycles. The highest BCUT2D eigenvalue weighted by Crippen LogP contribution is 2.05. The number of nitrogens with zero attached hydrogens (tertiary/aromatic N) is 1. The predicted octanol–water partition coefficient (Wildman–Crippen LogP) is 2.65. The largest absolute Gasteiger partial charge is 0.389 e. The van der Waals surface area contributed by atoms with Gasteiger partial charge in [-0.15, -0.1) is 0 Å². The van der Waals surface area contributed by atoms with E-state index in [-0.39, 0.29) is 0 Å². The molecule has 0 rings (SSSR count). The third-order valence-corrected chi connectivity index (χ3v) is 3.66. The molecule has 4 nitrogen and oxygen atoms in total. The third kappa shape index (κ3) is 16.0. The maximum absolute atomic E-state index is 9.85. The van der Waals surface area contributed by atoms with Crippen LogP contribution in [-0.2, 0) is 4.74 Å². The van der Waals surface area contributed by atoms with E-state index in [9.17, 15) is 5.11 Å². The topological polar surface area (TPSA) is 44.7 Å². The van der Waals surface area contributed by atoms with E-state index in [1.54, 1.807) is 0 Å². The molecule has 0 aromatic carbocycles. The molecule has 2 atom stereocenters. The van der Waals surface area contributed by atoms with Crippen molar-refractivity contribution in [2.24, 2.45) is 0 Å². The summed E-state index contributed by atoms with van der Waals surface area (Å²) in [5, 5.41) is 13.2. The molecule has 4 heteroatoms. The molecule has 0 aromatic heterocycles. The van der Waals surface area contributed by atoms with E-state index in [0.717, 1.165) is 26.0 Å². The van der Waals surface area contributed by atoms with Crippen LogP contribution in [0.2, 0.25) is 0 Å². The summed E-state index contributed by atoms with van der Waals surface area (Å²) in [5.74, 6) is 0.